The van der Waals surface area contributed by atoms with Gasteiger partial charge in [0.15, 0.2) is 0 Å². The number of benzene rings is 2. The minimum atomic E-state index is -1.95. The zero-order valence-electron chi connectivity index (χ0n) is 21.9. The molecular formula is C27H40O4Si2. The molecule has 180 valence electrons. The van der Waals surface area contributed by atoms with Crippen LogP contribution in [0.1, 0.15) is 52.7 Å². The summed E-state index contributed by atoms with van der Waals surface area (Å²) in [5.74, 6) is 2.29. The van der Waals surface area contributed by atoms with E-state index in [1.165, 1.54) is 0 Å². The first-order chi connectivity index (χ1) is 15.0. The highest BCUT2D eigenvalue weighted by Gasteiger charge is 2.40. The predicted molar refractivity (Wildman–Crippen MR) is 143 cm³/mol. The van der Waals surface area contributed by atoms with Crippen molar-refractivity contribution in [3.8, 4) is 17.2 Å². The standard InChI is InChI=1S/C27H40O4Si2/c1-26(2,3)32(7,8)30-21-14-11-19(12-15-21)23-17-20-13-16-22(18-24(20)29-25(23)28)31-33(9,10)27(4,5)6/h11-18,25,28H,1-10H3. The first kappa shape index (κ1) is 25.6. The summed E-state index contributed by atoms with van der Waals surface area (Å²) in [6.07, 6.45) is 0.955. The molecule has 0 saturated carbocycles. The van der Waals surface area contributed by atoms with Gasteiger partial charge in [-0.3, -0.25) is 0 Å². The van der Waals surface area contributed by atoms with Crippen LogP contribution in [0.3, 0.4) is 0 Å². The molecule has 4 nitrogen and oxygen atoms in total. The molecule has 0 aromatic heterocycles. The smallest absolute Gasteiger partial charge is 0.250 e. The Morgan fingerprint density at radius 2 is 1.24 bits per heavy atom. The molecule has 1 heterocycles. The third kappa shape index (κ3) is 5.56. The predicted octanol–water partition coefficient (Wildman–Crippen LogP) is 7.71. The molecule has 1 aliphatic heterocycles. The first-order valence-corrected chi connectivity index (χ1v) is 17.5. The van der Waals surface area contributed by atoms with Crippen LogP contribution in [0.15, 0.2) is 42.5 Å². The van der Waals surface area contributed by atoms with Crippen molar-refractivity contribution in [3.63, 3.8) is 0 Å². The molecule has 0 radical (unpaired) electrons. The maximum Gasteiger partial charge on any atom is 0.250 e. The maximum atomic E-state index is 10.7. The van der Waals surface area contributed by atoms with Crippen molar-refractivity contribution in [2.24, 2.45) is 0 Å². The summed E-state index contributed by atoms with van der Waals surface area (Å²) in [7, 11) is -3.85. The Kier molecular flexibility index (Phi) is 6.70. The Morgan fingerprint density at radius 3 is 1.76 bits per heavy atom. The van der Waals surface area contributed by atoms with E-state index in [1.54, 1.807) is 0 Å². The van der Waals surface area contributed by atoms with Crippen LogP contribution < -0.4 is 13.6 Å². The highest BCUT2D eigenvalue weighted by atomic mass is 28.4. The Morgan fingerprint density at radius 1 is 0.758 bits per heavy atom. The number of aliphatic hydroxyl groups is 1. The number of ether oxygens (including phenoxy) is 1. The summed E-state index contributed by atoms with van der Waals surface area (Å²) in [5.41, 5.74) is 2.58. The molecular weight excluding hydrogens is 444 g/mol. The molecule has 0 bridgehead atoms. The second kappa shape index (κ2) is 8.64. The minimum absolute atomic E-state index is 0.108. The van der Waals surface area contributed by atoms with Gasteiger partial charge < -0.3 is 18.7 Å². The van der Waals surface area contributed by atoms with E-state index in [2.05, 4.69) is 67.7 Å². The summed E-state index contributed by atoms with van der Waals surface area (Å²) < 4.78 is 18.7. The first-order valence-electron chi connectivity index (χ1n) is 11.7. The molecule has 0 saturated heterocycles. The van der Waals surface area contributed by atoms with Crippen molar-refractivity contribution in [2.75, 3.05) is 0 Å². The van der Waals surface area contributed by atoms with Crippen molar-refractivity contribution in [2.45, 2.75) is 84.1 Å². The van der Waals surface area contributed by atoms with Crippen molar-refractivity contribution < 1.29 is 18.7 Å². The monoisotopic (exact) mass is 484 g/mol. The van der Waals surface area contributed by atoms with E-state index in [-0.39, 0.29) is 10.1 Å². The van der Waals surface area contributed by atoms with Crippen LogP contribution in [0.4, 0.5) is 0 Å². The molecule has 2 aromatic carbocycles. The summed E-state index contributed by atoms with van der Waals surface area (Å²) in [6.45, 7) is 22.3. The van der Waals surface area contributed by atoms with Crippen LogP contribution in [0, 0.1) is 0 Å². The molecule has 1 N–H and O–H groups in total. The Balaban J connectivity index is 1.82. The van der Waals surface area contributed by atoms with Gasteiger partial charge >= 0.3 is 0 Å². The number of aliphatic hydroxyl groups excluding tert-OH is 1. The van der Waals surface area contributed by atoms with Crippen LogP contribution in [0.2, 0.25) is 36.3 Å². The minimum Gasteiger partial charge on any atom is -0.544 e. The zero-order chi connectivity index (χ0) is 24.8. The lowest BCUT2D eigenvalue weighted by Gasteiger charge is -2.36. The molecule has 3 rings (SSSR count). The van der Waals surface area contributed by atoms with Gasteiger partial charge in [-0.25, -0.2) is 0 Å². The molecule has 1 unspecified atom stereocenters. The summed E-state index contributed by atoms with van der Waals surface area (Å²) in [6, 6.07) is 13.8. The fourth-order valence-electron chi connectivity index (χ4n) is 3.06. The summed E-state index contributed by atoms with van der Waals surface area (Å²) >= 11 is 0. The van der Waals surface area contributed by atoms with E-state index in [4.69, 9.17) is 13.6 Å². The maximum absolute atomic E-state index is 10.7. The summed E-state index contributed by atoms with van der Waals surface area (Å²) in [4.78, 5) is 0. The van der Waals surface area contributed by atoms with Gasteiger partial charge in [0, 0.05) is 17.2 Å². The normalized spacial score (nSPS) is 17.1. The van der Waals surface area contributed by atoms with Crippen molar-refractivity contribution in [1.82, 2.24) is 0 Å². The molecule has 2 aromatic rings. The van der Waals surface area contributed by atoms with E-state index in [0.29, 0.717) is 5.75 Å². The molecule has 33 heavy (non-hydrogen) atoms. The average Bonchev–Trinajstić information content (AvgIpc) is 2.66. The van der Waals surface area contributed by atoms with Crippen LogP contribution in [-0.2, 0) is 0 Å². The highest BCUT2D eigenvalue weighted by Crippen LogP contribution is 2.41. The molecule has 6 heteroatoms. The largest absolute Gasteiger partial charge is 0.544 e. The van der Waals surface area contributed by atoms with Gasteiger partial charge in [-0.1, -0.05) is 53.7 Å². The topological polar surface area (TPSA) is 47.9 Å². The Bertz CT molecular complexity index is 1030. The molecule has 0 spiro atoms. The molecule has 0 aliphatic carbocycles. The molecule has 0 fully saturated rings. The second-order valence-electron chi connectivity index (χ2n) is 12.0. The van der Waals surface area contributed by atoms with Gasteiger partial charge in [0.2, 0.25) is 22.9 Å². The van der Waals surface area contributed by atoms with E-state index in [0.717, 1.165) is 28.2 Å². The highest BCUT2D eigenvalue weighted by molar-refractivity contribution is 6.75. The average molecular weight is 485 g/mol. The van der Waals surface area contributed by atoms with E-state index in [1.807, 2.05) is 48.5 Å². The van der Waals surface area contributed by atoms with Crippen molar-refractivity contribution in [3.05, 3.63) is 53.6 Å². The van der Waals surface area contributed by atoms with Gasteiger partial charge in [-0.15, -0.1) is 0 Å². The summed E-state index contributed by atoms with van der Waals surface area (Å²) in [5, 5.41) is 11.0. The number of hydrogen-bond acceptors (Lipinski definition) is 4. The second-order valence-corrected chi connectivity index (χ2v) is 21.5. The van der Waals surface area contributed by atoms with Gasteiger partial charge in [0.1, 0.15) is 17.2 Å². The Hall–Kier alpha value is -2.03. The van der Waals surface area contributed by atoms with Gasteiger partial charge in [-0.05, 0) is 72.2 Å². The van der Waals surface area contributed by atoms with Crippen molar-refractivity contribution >= 4 is 28.3 Å². The molecule has 1 aliphatic rings. The van der Waals surface area contributed by atoms with Crippen LogP contribution in [-0.4, -0.2) is 28.0 Å². The quantitative estimate of drug-likeness (QED) is 0.442. The number of rotatable bonds is 5. The zero-order valence-corrected chi connectivity index (χ0v) is 23.9. The van der Waals surface area contributed by atoms with E-state index < -0.39 is 22.9 Å². The van der Waals surface area contributed by atoms with Crippen LogP contribution in [0.25, 0.3) is 11.6 Å². The number of fused-ring (bicyclic) bond motifs is 1. The lowest BCUT2D eigenvalue weighted by Crippen LogP contribution is -2.43. The van der Waals surface area contributed by atoms with E-state index in [9.17, 15) is 5.11 Å². The third-order valence-electron chi connectivity index (χ3n) is 7.35. The van der Waals surface area contributed by atoms with Crippen LogP contribution in [0.5, 0.6) is 17.2 Å². The van der Waals surface area contributed by atoms with Crippen molar-refractivity contribution in [1.29, 1.82) is 0 Å². The third-order valence-corrected chi connectivity index (χ3v) is 16.1. The lowest BCUT2D eigenvalue weighted by molar-refractivity contribution is 0.0319. The fraction of sp³-hybridized carbons (Fsp3) is 0.481. The Labute approximate surface area is 201 Å². The SMILES string of the molecule is CC(C)(C)[Si](C)(C)Oc1ccc(C2=Cc3ccc(O[Si](C)(C)C(C)(C)C)cc3OC2O)cc1. The van der Waals surface area contributed by atoms with Gasteiger partial charge in [0.05, 0.1) is 0 Å². The van der Waals surface area contributed by atoms with Gasteiger partial charge in [-0.2, -0.15) is 0 Å². The fourth-order valence-corrected chi connectivity index (χ4v) is 5.11. The molecule has 0 amide bonds. The molecule has 1 atom stereocenters. The van der Waals surface area contributed by atoms with Gasteiger partial charge in [0.25, 0.3) is 0 Å². The van der Waals surface area contributed by atoms with Crippen LogP contribution >= 0.6 is 0 Å². The lowest BCUT2D eigenvalue weighted by atomic mass is 9.99. The number of hydrogen-bond donors (Lipinski definition) is 1. The van der Waals surface area contributed by atoms with E-state index >= 15 is 0 Å².